The Morgan fingerprint density at radius 3 is 2.12 bits per heavy atom. The maximum absolute atomic E-state index is 13.0. The SMILES string of the molecule is CC(C)Cc1ccc(S(=O)(=O)Nc2ccccc2C(F)(F)F)cc1. The summed E-state index contributed by atoms with van der Waals surface area (Å²) in [7, 11) is -4.09. The normalized spacial score (nSPS) is 12.4. The quantitative estimate of drug-likeness (QED) is 0.843. The van der Waals surface area contributed by atoms with E-state index in [2.05, 4.69) is 0 Å². The van der Waals surface area contributed by atoms with E-state index in [0.29, 0.717) is 5.92 Å². The Hall–Kier alpha value is -2.02. The molecule has 130 valence electrons. The van der Waals surface area contributed by atoms with Gasteiger partial charge in [0.15, 0.2) is 0 Å². The zero-order valence-electron chi connectivity index (χ0n) is 13.3. The van der Waals surface area contributed by atoms with Gasteiger partial charge in [0.1, 0.15) is 0 Å². The monoisotopic (exact) mass is 357 g/mol. The molecule has 0 heterocycles. The van der Waals surface area contributed by atoms with E-state index in [4.69, 9.17) is 0 Å². The Morgan fingerprint density at radius 2 is 1.58 bits per heavy atom. The fraction of sp³-hybridized carbons (Fsp3) is 0.294. The van der Waals surface area contributed by atoms with Crippen molar-refractivity contribution in [2.75, 3.05) is 4.72 Å². The van der Waals surface area contributed by atoms with Gasteiger partial charge in [-0.2, -0.15) is 13.2 Å². The molecule has 0 spiro atoms. The highest BCUT2D eigenvalue weighted by Crippen LogP contribution is 2.35. The Bertz CT molecular complexity index is 797. The van der Waals surface area contributed by atoms with Crippen molar-refractivity contribution in [2.45, 2.75) is 31.3 Å². The Kier molecular flexibility index (Phi) is 5.22. The topological polar surface area (TPSA) is 46.2 Å². The van der Waals surface area contributed by atoms with Crippen molar-refractivity contribution in [2.24, 2.45) is 5.92 Å². The third-order valence-corrected chi connectivity index (χ3v) is 4.74. The van der Waals surface area contributed by atoms with Gasteiger partial charge in [0, 0.05) is 0 Å². The van der Waals surface area contributed by atoms with E-state index in [9.17, 15) is 21.6 Å². The third-order valence-electron chi connectivity index (χ3n) is 3.35. The molecule has 2 aromatic carbocycles. The Labute approximate surface area is 139 Å². The first-order valence-corrected chi connectivity index (χ1v) is 8.86. The van der Waals surface area contributed by atoms with Crippen molar-refractivity contribution in [1.82, 2.24) is 0 Å². The van der Waals surface area contributed by atoms with Crippen molar-refractivity contribution in [1.29, 1.82) is 0 Å². The fourth-order valence-electron chi connectivity index (χ4n) is 2.30. The molecule has 2 aromatic rings. The molecule has 7 heteroatoms. The first-order chi connectivity index (χ1) is 11.1. The van der Waals surface area contributed by atoms with Crippen LogP contribution in [0.2, 0.25) is 0 Å². The highest BCUT2D eigenvalue weighted by molar-refractivity contribution is 7.92. The summed E-state index contributed by atoms with van der Waals surface area (Å²) in [6, 6.07) is 10.6. The number of sulfonamides is 1. The van der Waals surface area contributed by atoms with Crippen molar-refractivity contribution in [3.05, 3.63) is 59.7 Å². The number of para-hydroxylation sites is 1. The predicted octanol–water partition coefficient (Wildman–Crippen LogP) is 4.70. The van der Waals surface area contributed by atoms with E-state index in [1.165, 1.54) is 24.3 Å². The standard InChI is InChI=1S/C17H18F3NO2S/c1-12(2)11-13-7-9-14(10-8-13)24(22,23)21-16-6-4-3-5-15(16)17(18,19)20/h3-10,12,21H,11H2,1-2H3. The van der Waals surface area contributed by atoms with Crippen LogP contribution in [0.1, 0.15) is 25.0 Å². The number of benzene rings is 2. The molecule has 0 atom stereocenters. The Balaban J connectivity index is 2.30. The zero-order chi connectivity index (χ0) is 18.0. The molecule has 2 rings (SSSR count). The van der Waals surface area contributed by atoms with E-state index in [-0.39, 0.29) is 4.90 Å². The van der Waals surface area contributed by atoms with Gasteiger partial charge in [-0.1, -0.05) is 38.1 Å². The van der Waals surface area contributed by atoms with E-state index < -0.39 is 27.5 Å². The molecule has 0 aromatic heterocycles. The number of halogens is 3. The number of nitrogens with one attached hydrogen (secondary N) is 1. The van der Waals surface area contributed by atoms with Crippen LogP contribution >= 0.6 is 0 Å². The molecular formula is C17H18F3NO2S. The van der Waals surface area contributed by atoms with Crippen molar-refractivity contribution >= 4 is 15.7 Å². The van der Waals surface area contributed by atoms with Gasteiger partial charge in [-0.3, -0.25) is 4.72 Å². The van der Waals surface area contributed by atoms with E-state index in [0.717, 1.165) is 24.1 Å². The maximum Gasteiger partial charge on any atom is 0.418 e. The van der Waals surface area contributed by atoms with Crippen LogP contribution in [-0.2, 0) is 22.6 Å². The second-order valence-electron chi connectivity index (χ2n) is 5.89. The molecule has 0 unspecified atom stereocenters. The second kappa shape index (κ2) is 6.84. The summed E-state index contributed by atoms with van der Waals surface area (Å²) < 4.78 is 65.6. The Morgan fingerprint density at radius 1 is 1.00 bits per heavy atom. The highest BCUT2D eigenvalue weighted by atomic mass is 32.2. The lowest BCUT2D eigenvalue weighted by Gasteiger charge is -2.15. The van der Waals surface area contributed by atoms with Gasteiger partial charge in [0.25, 0.3) is 10.0 Å². The second-order valence-corrected chi connectivity index (χ2v) is 7.57. The zero-order valence-corrected chi connectivity index (χ0v) is 14.1. The molecule has 0 aliphatic heterocycles. The third kappa shape index (κ3) is 4.50. The fourth-order valence-corrected chi connectivity index (χ4v) is 3.38. The molecule has 0 saturated heterocycles. The van der Waals surface area contributed by atoms with Crippen molar-refractivity contribution in [3.63, 3.8) is 0 Å². The minimum Gasteiger partial charge on any atom is -0.279 e. The van der Waals surface area contributed by atoms with Crippen molar-refractivity contribution in [3.8, 4) is 0 Å². The maximum atomic E-state index is 13.0. The molecule has 0 amide bonds. The summed E-state index contributed by atoms with van der Waals surface area (Å²) in [4.78, 5) is -0.0769. The van der Waals surface area contributed by atoms with Crippen LogP contribution in [-0.4, -0.2) is 8.42 Å². The number of hydrogen-bond acceptors (Lipinski definition) is 2. The van der Waals surface area contributed by atoms with Crippen LogP contribution in [0.25, 0.3) is 0 Å². The van der Waals surface area contributed by atoms with Gasteiger partial charge in [0.05, 0.1) is 16.1 Å². The van der Waals surface area contributed by atoms with Crippen LogP contribution in [0.15, 0.2) is 53.4 Å². The van der Waals surface area contributed by atoms with E-state index >= 15 is 0 Å². The van der Waals surface area contributed by atoms with Gasteiger partial charge in [-0.05, 0) is 42.2 Å². The van der Waals surface area contributed by atoms with Crippen LogP contribution < -0.4 is 4.72 Å². The summed E-state index contributed by atoms with van der Waals surface area (Å²) in [6.45, 7) is 4.08. The van der Waals surface area contributed by atoms with E-state index in [1.807, 2.05) is 18.6 Å². The predicted molar refractivity (Wildman–Crippen MR) is 87.2 cm³/mol. The summed E-state index contributed by atoms with van der Waals surface area (Å²) in [5.74, 6) is 0.421. The lowest BCUT2D eigenvalue weighted by Crippen LogP contribution is -2.17. The molecule has 0 fully saturated rings. The van der Waals surface area contributed by atoms with Crippen LogP contribution in [0.4, 0.5) is 18.9 Å². The molecule has 24 heavy (non-hydrogen) atoms. The highest BCUT2D eigenvalue weighted by Gasteiger charge is 2.34. The van der Waals surface area contributed by atoms with Crippen molar-refractivity contribution < 1.29 is 21.6 Å². The van der Waals surface area contributed by atoms with Crippen LogP contribution in [0.3, 0.4) is 0 Å². The molecule has 0 radical (unpaired) electrons. The first kappa shape index (κ1) is 18.3. The van der Waals surface area contributed by atoms with Gasteiger partial charge in [-0.15, -0.1) is 0 Å². The smallest absolute Gasteiger partial charge is 0.279 e. The molecule has 1 N–H and O–H groups in total. The largest absolute Gasteiger partial charge is 0.418 e. The average molecular weight is 357 g/mol. The molecule has 0 aliphatic carbocycles. The number of anilines is 1. The lowest BCUT2D eigenvalue weighted by molar-refractivity contribution is -0.136. The molecule has 0 bridgehead atoms. The van der Waals surface area contributed by atoms with Gasteiger partial charge >= 0.3 is 6.18 Å². The molecular weight excluding hydrogens is 339 g/mol. The van der Waals surface area contributed by atoms with Crippen LogP contribution in [0.5, 0.6) is 0 Å². The van der Waals surface area contributed by atoms with Gasteiger partial charge in [-0.25, -0.2) is 8.42 Å². The van der Waals surface area contributed by atoms with Gasteiger partial charge in [0.2, 0.25) is 0 Å². The lowest BCUT2D eigenvalue weighted by atomic mass is 10.0. The molecule has 0 aliphatic rings. The summed E-state index contributed by atoms with van der Waals surface area (Å²) in [6.07, 6.45) is -3.84. The minimum absolute atomic E-state index is 0.0769. The molecule has 3 nitrogen and oxygen atoms in total. The number of alkyl halides is 3. The van der Waals surface area contributed by atoms with Crippen LogP contribution in [0, 0.1) is 5.92 Å². The summed E-state index contributed by atoms with van der Waals surface area (Å²) in [5, 5.41) is 0. The summed E-state index contributed by atoms with van der Waals surface area (Å²) >= 11 is 0. The first-order valence-electron chi connectivity index (χ1n) is 7.37. The number of rotatable bonds is 5. The molecule has 0 saturated carbocycles. The number of hydrogen-bond donors (Lipinski definition) is 1. The average Bonchev–Trinajstić information content (AvgIpc) is 2.46. The summed E-state index contributed by atoms with van der Waals surface area (Å²) in [5.41, 5.74) is -0.541. The minimum atomic E-state index is -4.64. The van der Waals surface area contributed by atoms with Gasteiger partial charge < -0.3 is 0 Å². The van der Waals surface area contributed by atoms with E-state index in [1.54, 1.807) is 12.1 Å².